The van der Waals surface area contributed by atoms with Crippen LogP contribution in [0, 0.1) is 6.92 Å². The van der Waals surface area contributed by atoms with E-state index in [1.807, 2.05) is 18.2 Å². The van der Waals surface area contributed by atoms with Crippen molar-refractivity contribution < 1.29 is 9.47 Å². The van der Waals surface area contributed by atoms with Gasteiger partial charge in [0.2, 0.25) is 0 Å². The van der Waals surface area contributed by atoms with Crippen LogP contribution in [-0.2, 0) is 11.3 Å². The first-order valence-corrected chi connectivity index (χ1v) is 7.94. The molecule has 1 atom stereocenters. The van der Waals surface area contributed by atoms with Gasteiger partial charge in [-0.05, 0) is 43.0 Å². The molecule has 3 rings (SSSR count). The first-order chi connectivity index (χ1) is 10.8. The predicted molar refractivity (Wildman–Crippen MR) is 89.4 cm³/mol. The maximum absolute atomic E-state index is 5.84. The van der Waals surface area contributed by atoms with Crippen molar-refractivity contribution in [1.82, 2.24) is 0 Å². The number of anilines is 1. The molecule has 0 amide bonds. The Labute approximate surface area is 132 Å². The zero-order valence-corrected chi connectivity index (χ0v) is 13.0. The second kappa shape index (κ2) is 7.32. The Morgan fingerprint density at radius 1 is 1.18 bits per heavy atom. The second-order valence-electron chi connectivity index (χ2n) is 5.75. The van der Waals surface area contributed by atoms with Crippen LogP contribution in [-0.4, -0.2) is 19.3 Å². The number of nitrogens with one attached hydrogen (secondary N) is 1. The van der Waals surface area contributed by atoms with E-state index >= 15 is 0 Å². The normalized spacial score (nSPS) is 17.4. The first-order valence-electron chi connectivity index (χ1n) is 7.94. The topological polar surface area (TPSA) is 30.5 Å². The molecule has 0 aliphatic carbocycles. The average molecular weight is 297 g/mol. The van der Waals surface area contributed by atoms with E-state index in [2.05, 4.69) is 42.6 Å². The molecule has 1 aliphatic heterocycles. The van der Waals surface area contributed by atoms with E-state index in [9.17, 15) is 0 Å². The molecule has 2 aromatic rings. The highest BCUT2D eigenvalue weighted by Gasteiger charge is 2.15. The van der Waals surface area contributed by atoms with Crippen LogP contribution in [0.1, 0.15) is 24.0 Å². The van der Waals surface area contributed by atoms with Crippen LogP contribution in [0.5, 0.6) is 5.75 Å². The molecule has 0 radical (unpaired) electrons. The summed E-state index contributed by atoms with van der Waals surface area (Å²) in [6.45, 7) is 4.47. The summed E-state index contributed by atoms with van der Waals surface area (Å²) in [5.41, 5.74) is 3.70. The fraction of sp³-hybridized carbons (Fsp3) is 0.368. The van der Waals surface area contributed by atoms with Gasteiger partial charge < -0.3 is 14.8 Å². The summed E-state index contributed by atoms with van der Waals surface area (Å²) < 4.78 is 11.4. The van der Waals surface area contributed by atoms with Crippen molar-refractivity contribution in [3.05, 3.63) is 59.7 Å². The molecule has 0 bridgehead atoms. The lowest BCUT2D eigenvalue weighted by Gasteiger charge is -2.13. The summed E-state index contributed by atoms with van der Waals surface area (Å²) in [6, 6.07) is 16.6. The molecule has 1 saturated heterocycles. The Balaban J connectivity index is 1.55. The van der Waals surface area contributed by atoms with Crippen LogP contribution >= 0.6 is 0 Å². The molecule has 22 heavy (non-hydrogen) atoms. The molecule has 1 fully saturated rings. The van der Waals surface area contributed by atoms with E-state index in [0.717, 1.165) is 37.4 Å². The minimum atomic E-state index is 0.253. The summed E-state index contributed by atoms with van der Waals surface area (Å²) >= 11 is 0. The van der Waals surface area contributed by atoms with Gasteiger partial charge in [0.05, 0.1) is 6.10 Å². The Hall–Kier alpha value is -2.00. The van der Waals surface area contributed by atoms with Gasteiger partial charge in [0.25, 0.3) is 0 Å². The molecule has 3 nitrogen and oxygen atoms in total. The largest absolute Gasteiger partial charge is 0.491 e. The van der Waals surface area contributed by atoms with Crippen LogP contribution in [0.25, 0.3) is 0 Å². The summed E-state index contributed by atoms with van der Waals surface area (Å²) in [7, 11) is 0. The van der Waals surface area contributed by atoms with Crippen LogP contribution in [0.4, 0.5) is 5.69 Å². The molecule has 0 spiro atoms. The van der Waals surface area contributed by atoms with Gasteiger partial charge in [-0.2, -0.15) is 0 Å². The van der Waals surface area contributed by atoms with Gasteiger partial charge >= 0.3 is 0 Å². The van der Waals surface area contributed by atoms with E-state index in [0.29, 0.717) is 6.61 Å². The highest BCUT2D eigenvalue weighted by molar-refractivity contribution is 5.48. The highest BCUT2D eigenvalue weighted by atomic mass is 16.5. The van der Waals surface area contributed by atoms with Crippen molar-refractivity contribution in [3.63, 3.8) is 0 Å². The van der Waals surface area contributed by atoms with E-state index in [1.165, 1.54) is 11.1 Å². The Morgan fingerprint density at radius 3 is 2.91 bits per heavy atom. The van der Waals surface area contributed by atoms with Crippen LogP contribution in [0.15, 0.2) is 48.5 Å². The standard InChI is InChI=1S/C19H23NO2/c1-15-6-2-3-7-16(15)13-20-17-8-4-9-18(12-17)22-14-19-10-5-11-21-19/h2-4,6-9,12,19-20H,5,10-11,13-14H2,1H3. The maximum Gasteiger partial charge on any atom is 0.121 e. The number of hydrogen-bond donors (Lipinski definition) is 1. The number of rotatable bonds is 6. The second-order valence-corrected chi connectivity index (χ2v) is 5.75. The van der Waals surface area contributed by atoms with E-state index in [-0.39, 0.29) is 6.10 Å². The van der Waals surface area contributed by atoms with Crippen molar-refractivity contribution in [1.29, 1.82) is 0 Å². The Morgan fingerprint density at radius 2 is 2.09 bits per heavy atom. The molecule has 2 aromatic carbocycles. The summed E-state index contributed by atoms with van der Waals surface area (Å²) in [5, 5.41) is 3.46. The SMILES string of the molecule is Cc1ccccc1CNc1cccc(OCC2CCCO2)c1. The van der Waals surface area contributed by atoms with E-state index in [1.54, 1.807) is 0 Å². The molecule has 0 aromatic heterocycles. The molecule has 1 heterocycles. The van der Waals surface area contributed by atoms with Crippen molar-refractivity contribution >= 4 is 5.69 Å². The zero-order valence-electron chi connectivity index (χ0n) is 13.0. The molecule has 3 heteroatoms. The Bertz CT molecular complexity index is 606. The third-order valence-corrected chi connectivity index (χ3v) is 4.04. The lowest BCUT2D eigenvalue weighted by molar-refractivity contribution is 0.0680. The number of ether oxygens (including phenoxy) is 2. The monoisotopic (exact) mass is 297 g/mol. The average Bonchev–Trinajstić information content (AvgIpc) is 3.06. The van der Waals surface area contributed by atoms with Gasteiger partial charge in [-0.1, -0.05) is 30.3 Å². The number of benzene rings is 2. The summed E-state index contributed by atoms with van der Waals surface area (Å²) in [6.07, 6.45) is 2.50. The molecular weight excluding hydrogens is 274 g/mol. The minimum absolute atomic E-state index is 0.253. The highest BCUT2D eigenvalue weighted by Crippen LogP contribution is 2.20. The van der Waals surface area contributed by atoms with Crippen LogP contribution in [0.3, 0.4) is 0 Å². The quantitative estimate of drug-likeness (QED) is 0.868. The summed E-state index contributed by atoms with van der Waals surface area (Å²) in [4.78, 5) is 0. The van der Waals surface area contributed by atoms with E-state index in [4.69, 9.17) is 9.47 Å². The first kappa shape index (κ1) is 14.9. The van der Waals surface area contributed by atoms with Gasteiger partial charge in [0.15, 0.2) is 0 Å². The van der Waals surface area contributed by atoms with Gasteiger partial charge in [-0.25, -0.2) is 0 Å². The van der Waals surface area contributed by atoms with E-state index < -0.39 is 0 Å². The molecule has 0 saturated carbocycles. The molecule has 1 unspecified atom stereocenters. The van der Waals surface area contributed by atoms with Crippen LogP contribution < -0.4 is 10.1 Å². The molecule has 1 aliphatic rings. The number of hydrogen-bond acceptors (Lipinski definition) is 3. The molecule has 1 N–H and O–H groups in total. The van der Waals surface area contributed by atoms with Gasteiger partial charge in [0, 0.05) is 24.9 Å². The lowest BCUT2D eigenvalue weighted by Crippen LogP contribution is -2.16. The van der Waals surface area contributed by atoms with Crippen molar-refractivity contribution in [2.24, 2.45) is 0 Å². The Kier molecular flexibility index (Phi) is 4.96. The smallest absolute Gasteiger partial charge is 0.121 e. The maximum atomic E-state index is 5.84. The van der Waals surface area contributed by atoms with Gasteiger partial charge in [0.1, 0.15) is 12.4 Å². The van der Waals surface area contributed by atoms with Crippen molar-refractivity contribution in [3.8, 4) is 5.75 Å². The van der Waals surface area contributed by atoms with Gasteiger partial charge in [-0.3, -0.25) is 0 Å². The predicted octanol–water partition coefficient (Wildman–Crippen LogP) is 4.16. The third kappa shape index (κ3) is 4.01. The fourth-order valence-corrected chi connectivity index (χ4v) is 2.67. The minimum Gasteiger partial charge on any atom is -0.491 e. The molecular formula is C19H23NO2. The van der Waals surface area contributed by atoms with Gasteiger partial charge in [-0.15, -0.1) is 0 Å². The molecule has 116 valence electrons. The lowest BCUT2D eigenvalue weighted by atomic mass is 10.1. The van der Waals surface area contributed by atoms with Crippen molar-refractivity contribution in [2.45, 2.75) is 32.4 Å². The third-order valence-electron chi connectivity index (χ3n) is 4.04. The zero-order chi connectivity index (χ0) is 15.2. The van der Waals surface area contributed by atoms with Crippen molar-refractivity contribution in [2.75, 3.05) is 18.5 Å². The summed E-state index contributed by atoms with van der Waals surface area (Å²) in [5.74, 6) is 0.894. The number of aryl methyl sites for hydroxylation is 1. The van der Waals surface area contributed by atoms with Crippen LogP contribution in [0.2, 0.25) is 0 Å². The fourth-order valence-electron chi connectivity index (χ4n) is 2.67.